The average molecular weight is 346 g/mol. The number of pyridine rings is 1. The molecule has 2 heterocycles. The van der Waals surface area contributed by atoms with Gasteiger partial charge in [-0.25, -0.2) is 4.98 Å². The van der Waals surface area contributed by atoms with Crippen LogP contribution in [-0.4, -0.2) is 18.1 Å². The van der Waals surface area contributed by atoms with Crippen LogP contribution in [0.2, 0.25) is 0 Å². The van der Waals surface area contributed by atoms with E-state index in [-0.39, 0.29) is 0 Å². The Hall–Kier alpha value is -1.55. The van der Waals surface area contributed by atoms with Crippen LogP contribution in [0.15, 0.2) is 47.1 Å². The standard InChI is InChI=1S/C17H20BrN3/c18-15-11-16(19)17(20-12-15)21-8-6-14(7-9-21)10-13-4-2-1-3-5-13/h1-5,11-12,14H,6-10,19H2. The van der Waals surface area contributed by atoms with E-state index in [1.807, 2.05) is 12.3 Å². The Labute approximate surface area is 134 Å². The van der Waals surface area contributed by atoms with E-state index in [1.54, 1.807) is 0 Å². The van der Waals surface area contributed by atoms with Gasteiger partial charge in [-0.3, -0.25) is 0 Å². The van der Waals surface area contributed by atoms with Gasteiger partial charge in [0.25, 0.3) is 0 Å². The van der Waals surface area contributed by atoms with E-state index in [0.717, 1.165) is 35.0 Å². The maximum Gasteiger partial charge on any atom is 0.151 e. The highest BCUT2D eigenvalue weighted by molar-refractivity contribution is 9.10. The fourth-order valence-electron chi connectivity index (χ4n) is 3.01. The third kappa shape index (κ3) is 3.56. The first-order chi connectivity index (χ1) is 10.2. The molecule has 1 aromatic carbocycles. The second-order valence-corrected chi connectivity index (χ2v) is 6.60. The summed E-state index contributed by atoms with van der Waals surface area (Å²) < 4.78 is 0.933. The molecule has 1 aliphatic rings. The molecule has 3 nitrogen and oxygen atoms in total. The molecule has 0 saturated carbocycles. The Morgan fingerprint density at radius 1 is 1.19 bits per heavy atom. The van der Waals surface area contributed by atoms with Crippen molar-refractivity contribution in [3.8, 4) is 0 Å². The second kappa shape index (κ2) is 6.48. The molecular weight excluding hydrogens is 326 g/mol. The van der Waals surface area contributed by atoms with Crippen LogP contribution >= 0.6 is 15.9 Å². The van der Waals surface area contributed by atoms with Crippen molar-refractivity contribution in [1.29, 1.82) is 0 Å². The molecule has 21 heavy (non-hydrogen) atoms. The van der Waals surface area contributed by atoms with Crippen LogP contribution in [0, 0.1) is 5.92 Å². The monoisotopic (exact) mass is 345 g/mol. The number of nitrogens with two attached hydrogens (primary N) is 1. The van der Waals surface area contributed by atoms with Crippen LogP contribution in [0.5, 0.6) is 0 Å². The predicted octanol–water partition coefficient (Wildman–Crippen LogP) is 3.89. The van der Waals surface area contributed by atoms with Gasteiger partial charge in [0.2, 0.25) is 0 Å². The smallest absolute Gasteiger partial charge is 0.151 e. The Balaban J connectivity index is 1.60. The van der Waals surface area contributed by atoms with Gasteiger partial charge in [-0.2, -0.15) is 0 Å². The first kappa shape index (κ1) is 14.4. The Kier molecular flexibility index (Phi) is 4.44. The van der Waals surface area contributed by atoms with Crippen molar-refractivity contribution in [3.05, 3.63) is 52.6 Å². The van der Waals surface area contributed by atoms with Crippen molar-refractivity contribution in [2.24, 2.45) is 5.92 Å². The highest BCUT2D eigenvalue weighted by Gasteiger charge is 2.21. The number of benzene rings is 1. The third-order valence-corrected chi connectivity index (χ3v) is 4.58. The maximum atomic E-state index is 6.08. The summed E-state index contributed by atoms with van der Waals surface area (Å²) in [7, 11) is 0. The minimum absolute atomic E-state index is 0.755. The second-order valence-electron chi connectivity index (χ2n) is 5.69. The van der Waals surface area contributed by atoms with Crippen molar-refractivity contribution < 1.29 is 0 Å². The zero-order valence-corrected chi connectivity index (χ0v) is 13.6. The topological polar surface area (TPSA) is 42.1 Å². The van der Waals surface area contributed by atoms with E-state index in [1.165, 1.54) is 24.8 Å². The highest BCUT2D eigenvalue weighted by Crippen LogP contribution is 2.29. The van der Waals surface area contributed by atoms with Crippen LogP contribution in [0.3, 0.4) is 0 Å². The molecule has 2 aromatic rings. The number of hydrogen-bond acceptors (Lipinski definition) is 3. The van der Waals surface area contributed by atoms with Gasteiger partial charge in [-0.1, -0.05) is 30.3 Å². The molecule has 110 valence electrons. The summed E-state index contributed by atoms with van der Waals surface area (Å²) >= 11 is 3.41. The maximum absolute atomic E-state index is 6.08. The molecule has 0 atom stereocenters. The zero-order chi connectivity index (χ0) is 14.7. The van der Waals surface area contributed by atoms with Gasteiger partial charge in [0, 0.05) is 23.8 Å². The Bertz CT molecular complexity index is 592. The van der Waals surface area contributed by atoms with Crippen molar-refractivity contribution in [2.45, 2.75) is 19.3 Å². The van der Waals surface area contributed by atoms with Gasteiger partial charge in [-0.15, -0.1) is 0 Å². The minimum Gasteiger partial charge on any atom is -0.396 e. The summed E-state index contributed by atoms with van der Waals surface area (Å²) in [6.07, 6.45) is 5.40. The van der Waals surface area contributed by atoms with Gasteiger partial charge in [0.05, 0.1) is 5.69 Å². The molecular formula is C17H20BrN3. The van der Waals surface area contributed by atoms with E-state index in [2.05, 4.69) is 56.1 Å². The first-order valence-corrected chi connectivity index (χ1v) is 8.21. The van der Waals surface area contributed by atoms with E-state index in [0.29, 0.717) is 0 Å². The number of halogens is 1. The number of nitrogens with zero attached hydrogens (tertiary/aromatic N) is 2. The number of hydrogen-bond donors (Lipinski definition) is 1. The zero-order valence-electron chi connectivity index (χ0n) is 12.0. The van der Waals surface area contributed by atoms with Crippen molar-refractivity contribution in [3.63, 3.8) is 0 Å². The first-order valence-electron chi connectivity index (χ1n) is 7.42. The van der Waals surface area contributed by atoms with Crippen molar-refractivity contribution in [1.82, 2.24) is 4.98 Å². The molecule has 0 unspecified atom stereocenters. The summed E-state index contributed by atoms with van der Waals surface area (Å²) in [5.41, 5.74) is 8.27. The predicted molar refractivity (Wildman–Crippen MR) is 91.4 cm³/mol. The number of anilines is 2. The van der Waals surface area contributed by atoms with Crippen LogP contribution in [0.1, 0.15) is 18.4 Å². The number of nitrogen functional groups attached to an aromatic ring is 1. The molecule has 0 spiro atoms. The van der Waals surface area contributed by atoms with E-state index >= 15 is 0 Å². The quantitative estimate of drug-likeness (QED) is 0.917. The minimum atomic E-state index is 0.755. The molecule has 1 aromatic heterocycles. The summed E-state index contributed by atoms with van der Waals surface area (Å²) in [4.78, 5) is 6.77. The van der Waals surface area contributed by atoms with Gasteiger partial charge in [0.15, 0.2) is 5.82 Å². The van der Waals surface area contributed by atoms with Crippen molar-refractivity contribution in [2.75, 3.05) is 23.7 Å². The van der Waals surface area contributed by atoms with Crippen molar-refractivity contribution >= 4 is 27.4 Å². The summed E-state index contributed by atoms with van der Waals surface area (Å²) in [6.45, 7) is 2.08. The molecule has 1 aliphatic heterocycles. The Morgan fingerprint density at radius 3 is 2.57 bits per heavy atom. The van der Waals surface area contributed by atoms with Gasteiger partial charge in [-0.05, 0) is 52.7 Å². The van der Waals surface area contributed by atoms with E-state index in [9.17, 15) is 0 Å². The number of aromatic nitrogens is 1. The lowest BCUT2D eigenvalue weighted by Crippen LogP contribution is -2.35. The number of rotatable bonds is 3. The highest BCUT2D eigenvalue weighted by atomic mass is 79.9. The van der Waals surface area contributed by atoms with Crippen LogP contribution in [-0.2, 0) is 6.42 Å². The van der Waals surface area contributed by atoms with Gasteiger partial charge < -0.3 is 10.6 Å². The normalized spacial score (nSPS) is 16.1. The summed E-state index contributed by atoms with van der Waals surface area (Å²) in [5, 5.41) is 0. The van der Waals surface area contributed by atoms with Gasteiger partial charge in [0.1, 0.15) is 0 Å². The van der Waals surface area contributed by atoms with E-state index < -0.39 is 0 Å². The molecule has 1 saturated heterocycles. The lowest BCUT2D eigenvalue weighted by atomic mass is 9.90. The molecule has 0 aliphatic carbocycles. The lowest BCUT2D eigenvalue weighted by molar-refractivity contribution is 0.402. The third-order valence-electron chi connectivity index (χ3n) is 4.14. The lowest BCUT2D eigenvalue weighted by Gasteiger charge is -2.33. The van der Waals surface area contributed by atoms with Crippen LogP contribution in [0.25, 0.3) is 0 Å². The molecule has 0 amide bonds. The molecule has 1 fully saturated rings. The number of piperidine rings is 1. The molecule has 0 radical (unpaired) electrons. The summed E-state index contributed by atoms with van der Waals surface area (Å²) in [5.74, 6) is 1.69. The van der Waals surface area contributed by atoms with E-state index in [4.69, 9.17) is 5.73 Å². The average Bonchev–Trinajstić information content (AvgIpc) is 2.49. The SMILES string of the molecule is Nc1cc(Br)cnc1N1CCC(Cc2ccccc2)CC1. The molecule has 3 rings (SSSR count). The van der Waals surface area contributed by atoms with Gasteiger partial charge >= 0.3 is 0 Å². The largest absolute Gasteiger partial charge is 0.396 e. The fraction of sp³-hybridized carbons (Fsp3) is 0.353. The molecule has 4 heteroatoms. The van der Waals surface area contributed by atoms with Crippen LogP contribution < -0.4 is 10.6 Å². The Morgan fingerprint density at radius 2 is 1.90 bits per heavy atom. The molecule has 0 bridgehead atoms. The fourth-order valence-corrected chi connectivity index (χ4v) is 3.36. The van der Waals surface area contributed by atoms with Crippen LogP contribution in [0.4, 0.5) is 11.5 Å². The molecule has 2 N–H and O–H groups in total. The summed E-state index contributed by atoms with van der Waals surface area (Å²) in [6, 6.07) is 12.7.